The largest absolute Gasteiger partial charge is 0.368 e. The first kappa shape index (κ1) is 9.98. The summed E-state index contributed by atoms with van der Waals surface area (Å²) in [4.78, 5) is 21.3. The first-order chi connectivity index (χ1) is 6.18. The topological polar surface area (TPSA) is 84.2 Å². The van der Waals surface area contributed by atoms with Crippen LogP contribution in [0.2, 0.25) is 0 Å². The van der Waals surface area contributed by atoms with Gasteiger partial charge in [-0.05, 0) is 12.8 Å². The molecule has 0 bridgehead atoms. The first-order valence-electron chi connectivity index (χ1n) is 4.47. The van der Waals surface area contributed by atoms with Crippen LogP contribution in [0.15, 0.2) is 0 Å². The second kappa shape index (κ2) is 4.81. The Balaban J connectivity index is 1.93. The molecular weight excluding hydrogens is 170 g/mol. The summed E-state index contributed by atoms with van der Waals surface area (Å²) in [6.45, 7) is 0.609. The zero-order chi connectivity index (χ0) is 9.68. The number of rotatable bonds is 6. The summed E-state index contributed by atoms with van der Waals surface area (Å²) < 4.78 is 0. The molecule has 0 aliphatic heterocycles. The molecule has 0 radical (unpaired) electrons. The Labute approximate surface area is 77.1 Å². The van der Waals surface area contributed by atoms with Crippen LogP contribution in [-0.2, 0) is 9.59 Å². The lowest BCUT2D eigenvalue weighted by Gasteiger charge is -2.03. The summed E-state index contributed by atoms with van der Waals surface area (Å²) in [5.41, 5.74) is 4.86. The van der Waals surface area contributed by atoms with Crippen molar-refractivity contribution in [2.24, 2.45) is 5.73 Å². The van der Waals surface area contributed by atoms with Crippen molar-refractivity contribution in [3.05, 3.63) is 0 Å². The summed E-state index contributed by atoms with van der Waals surface area (Å²) in [6.07, 6.45) is 2.83. The molecule has 1 saturated carbocycles. The second-order valence-corrected chi connectivity index (χ2v) is 3.22. The van der Waals surface area contributed by atoms with E-state index in [1.54, 1.807) is 0 Å². The molecule has 0 saturated heterocycles. The number of nitrogens with two attached hydrogens (primary N) is 1. The molecule has 0 aromatic rings. The Morgan fingerprint density at radius 3 is 2.62 bits per heavy atom. The van der Waals surface area contributed by atoms with Gasteiger partial charge in [-0.2, -0.15) is 0 Å². The fourth-order valence-corrected chi connectivity index (χ4v) is 0.951. The lowest BCUT2D eigenvalue weighted by atomic mass is 10.4. The van der Waals surface area contributed by atoms with Crippen molar-refractivity contribution >= 4 is 11.8 Å². The van der Waals surface area contributed by atoms with E-state index in [0.29, 0.717) is 19.0 Å². The van der Waals surface area contributed by atoms with E-state index in [1.165, 1.54) is 12.8 Å². The van der Waals surface area contributed by atoms with E-state index in [0.717, 1.165) is 0 Å². The molecule has 5 nitrogen and oxygen atoms in total. The normalized spacial score (nSPS) is 15.4. The fourth-order valence-electron chi connectivity index (χ4n) is 0.951. The molecule has 13 heavy (non-hydrogen) atoms. The van der Waals surface area contributed by atoms with Crippen molar-refractivity contribution in [3.8, 4) is 0 Å². The van der Waals surface area contributed by atoms with Gasteiger partial charge in [0.05, 0.1) is 6.54 Å². The number of hydrogen-bond acceptors (Lipinski definition) is 3. The van der Waals surface area contributed by atoms with E-state index in [-0.39, 0.29) is 12.5 Å². The van der Waals surface area contributed by atoms with Crippen LogP contribution in [0.4, 0.5) is 0 Å². The molecule has 1 aliphatic carbocycles. The Hall–Kier alpha value is -1.10. The summed E-state index contributed by atoms with van der Waals surface area (Å²) >= 11 is 0. The molecule has 4 N–H and O–H groups in total. The predicted octanol–water partition coefficient (Wildman–Crippen LogP) is -1.27. The van der Waals surface area contributed by atoms with Crippen LogP contribution >= 0.6 is 0 Å². The van der Waals surface area contributed by atoms with Gasteiger partial charge in [-0.25, -0.2) is 0 Å². The van der Waals surface area contributed by atoms with Crippen molar-refractivity contribution in [1.82, 2.24) is 10.6 Å². The lowest BCUT2D eigenvalue weighted by molar-refractivity contribution is -0.124. The van der Waals surface area contributed by atoms with Gasteiger partial charge in [0.25, 0.3) is 0 Å². The monoisotopic (exact) mass is 185 g/mol. The van der Waals surface area contributed by atoms with E-state index in [9.17, 15) is 9.59 Å². The second-order valence-electron chi connectivity index (χ2n) is 3.22. The number of primary amides is 1. The van der Waals surface area contributed by atoms with Crippen molar-refractivity contribution in [2.75, 3.05) is 13.1 Å². The quantitative estimate of drug-likeness (QED) is 0.482. The number of carbonyl (C=O) groups excluding carboxylic acids is 2. The average Bonchev–Trinajstić information content (AvgIpc) is 2.84. The maximum atomic E-state index is 11.0. The molecule has 0 aromatic carbocycles. The minimum atomic E-state index is -0.511. The summed E-state index contributed by atoms with van der Waals surface area (Å²) in [7, 11) is 0. The summed E-state index contributed by atoms with van der Waals surface area (Å²) in [6, 6.07) is 0.615. The number of amides is 2. The minimum absolute atomic E-state index is 0.0672. The van der Waals surface area contributed by atoms with Gasteiger partial charge in [0.15, 0.2) is 0 Å². The highest BCUT2D eigenvalue weighted by molar-refractivity contribution is 5.83. The van der Waals surface area contributed by atoms with Crippen molar-refractivity contribution in [2.45, 2.75) is 25.3 Å². The van der Waals surface area contributed by atoms with Crippen LogP contribution in [0.3, 0.4) is 0 Å². The maximum Gasteiger partial charge on any atom is 0.236 e. The van der Waals surface area contributed by atoms with Gasteiger partial charge in [0, 0.05) is 19.0 Å². The van der Waals surface area contributed by atoms with Crippen LogP contribution in [-0.4, -0.2) is 30.9 Å². The van der Waals surface area contributed by atoms with E-state index in [2.05, 4.69) is 10.6 Å². The lowest BCUT2D eigenvalue weighted by Crippen LogP contribution is -2.35. The maximum absolute atomic E-state index is 11.0. The van der Waals surface area contributed by atoms with Crippen molar-refractivity contribution < 1.29 is 9.59 Å². The zero-order valence-corrected chi connectivity index (χ0v) is 7.51. The van der Waals surface area contributed by atoms with Crippen LogP contribution in [0.25, 0.3) is 0 Å². The van der Waals surface area contributed by atoms with Crippen LogP contribution in [0.5, 0.6) is 0 Å². The van der Waals surface area contributed by atoms with E-state index < -0.39 is 5.91 Å². The number of hydrogen-bond donors (Lipinski definition) is 3. The van der Waals surface area contributed by atoms with Crippen molar-refractivity contribution in [1.29, 1.82) is 0 Å². The predicted molar refractivity (Wildman–Crippen MR) is 47.8 cm³/mol. The molecule has 2 amide bonds. The van der Waals surface area contributed by atoms with Crippen molar-refractivity contribution in [3.63, 3.8) is 0 Å². The SMILES string of the molecule is NC(=O)CNC(=O)CCNC1CC1. The van der Waals surface area contributed by atoms with Crippen LogP contribution < -0.4 is 16.4 Å². The molecule has 0 heterocycles. The molecule has 0 atom stereocenters. The molecule has 0 spiro atoms. The average molecular weight is 185 g/mol. The Morgan fingerprint density at radius 2 is 2.08 bits per heavy atom. The third-order valence-electron chi connectivity index (χ3n) is 1.82. The Kier molecular flexibility index (Phi) is 3.70. The minimum Gasteiger partial charge on any atom is -0.368 e. The van der Waals surface area contributed by atoms with Gasteiger partial charge < -0.3 is 16.4 Å². The molecule has 5 heteroatoms. The molecule has 0 aromatic heterocycles. The van der Waals surface area contributed by atoms with Gasteiger partial charge in [-0.15, -0.1) is 0 Å². The molecule has 74 valence electrons. The molecule has 1 rings (SSSR count). The molecular formula is C8H15N3O2. The number of carbonyl (C=O) groups is 2. The Morgan fingerprint density at radius 1 is 1.38 bits per heavy atom. The van der Waals surface area contributed by atoms with Gasteiger partial charge in [-0.3, -0.25) is 9.59 Å². The third kappa shape index (κ3) is 5.19. The van der Waals surface area contributed by atoms with E-state index >= 15 is 0 Å². The standard InChI is InChI=1S/C8H15N3O2/c9-7(12)5-11-8(13)3-4-10-6-1-2-6/h6,10H,1-5H2,(H2,9,12)(H,11,13). The van der Waals surface area contributed by atoms with E-state index in [1.807, 2.05) is 0 Å². The number of nitrogens with one attached hydrogen (secondary N) is 2. The fraction of sp³-hybridized carbons (Fsp3) is 0.750. The van der Waals surface area contributed by atoms with Gasteiger partial charge in [-0.1, -0.05) is 0 Å². The van der Waals surface area contributed by atoms with Crippen LogP contribution in [0, 0.1) is 0 Å². The third-order valence-corrected chi connectivity index (χ3v) is 1.82. The van der Waals surface area contributed by atoms with E-state index in [4.69, 9.17) is 5.73 Å². The smallest absolute Gasteiger partial charge is 0.236 e. The van der Waals surface area contributed by atoms with Gasteiger partial charge in [0.2, 0.25) is 11.8 Å². The van der Waals surface area contributed by atoms with Gasteiger partial charge in [0.1, 0.15) is 0 Å². The molecule has 1 fully saturated rings. The highest BCUT2D eigenvalue weighted by Gasteiger charge is 2.19. The zero-order valence-electron chi connectivity index (χ0n) is 7.51. The molecule has 1 aliphatic rings. The highest BCUT2D eigenvalue weighted by Crippen LogP contribution is 2.18. The summed E-state index contributed by atoms with van der Waals surface area (Å²) in [5.74, 6) is -0.643. The summed E-state index contributed by atoms with van der Waals surface area (Å²) in [5, 5.41) is 5.62. The Bertz CT molecular complexity index is 202. The first-order valence-corrected chi connectivity index (χ1v) is 4.47. The van der Waals surface area contributed by atoms with Gasteiger partial charge >= 0.3 is 0 Å². The highest BCUT2D eigenvalue weighted by atomic mass is 16.2. The molecule has 0 unspecified atom stereocenters. The van der Waals surface area contributed by atoms with Crippen LogP contribution in [0.1, 0.15) is 19.3 Å².